The quantitative estimate of drug-likeness (QED) is 0.279. The largest absolute Gasteiger partial charge is 0.481 e. The Morgan fingerprint density at radius 2 is 1.23 bits per heavy atom. The third-order valence-electron chi connectivity index (χ3n) is 3.53. The average Bonchev–Trinajstić information content (AvgIpc) is 2.50. The van der Waals surface area contributed by atoms with Crippen LogP contribution in [0.2, 0.25) is 0 Å². The van der Waals surface area contributed by atoms with Crippen molar-refractivity contribution >= 4 is 5.97 Å². The predicted molar refractivity (Wildman–Crippen MR) is 96.1 cm³/mol. The maximum atomic E-state index is 10.3. The van der Waals surface area contributed by atoms with E-state index >= 15 is 0 Å². The first kappa shape index (κ1) is 20.7. The highest BCUT2D eigenvalue weighted by atomic mass is 16.4. The first-order chi connectivity index (χ1) is 10.8. The highest BCUT2D eigenvalue weighted by Gasteiger charge is 1.92. The summed E-state index contributed by atoms with van der Waals surface area (Å²) >= 11 is 0. The topological polar surface area (TPSA) is 37.3 Å². The third-order valence-corrected chi connectivity index (χ3v) is 3.53. The van der Waals surface area contributed by atoms with Gasteiger partial charge in [0.1, 0.15) is 0 Å². The number of carboxylic acid groups (broad SMARTS) is 1. The van der Waals surface area contributed by atoms with Crippen LogP contribution in [0.15, 0.2) is 36.5 Å². The van der Waals surface area contributed by atoms with Crippen molar-refractivity contribution in [2.75, 3.05) is 0 Å². The lowest BCUT2D eigenvalue weighted by Crippen LogP contribution is -1.92. The van der Waals surface area contributed by atoms with Crippen LogP contribution in [0.3, 0.4) is 0 Å². The summed E-state index contributed by atoms with van der Waals surface area (Å²) in [6, 6.07) is 0. The van der Waals surface area contributed by atoms with Gasteiger partial charge in [-0.15, -0.1) is 0 Å². The summed E-state index contributed by atoms with van der Waals surface area (Å²) < 4.78 is 0. The number of aliphatic carboxylic acids is 1. The number of allylic oxidation sites excluding steroid dienone is 6. The van der Waals surface area contributed by atoms with Gasteiger partial charge in [0.25, 0.3) is 0 Å². The molecule has 0 aliphatic carbocycles. The fourth-order valence-electron chi connectivity index (χ4n) is 2.19. The Balaban J connectivity index is 3.30. The molecule has 0 bridgehead atoms. The van der Waals surface area contributed by atoms with Gasteiger partial charge in [0, 0.05) is 6.42 Å². The Labute approximate surface area is 137 Å². The molecule has 0 spiro atoms. The standard InChI is InChI=1S/C20H34O2/c1-2-3-4-5-6-7-8-9-10-11-12-13-14-15-16-17-18-19-20(21)22/h9-10,12-13,15-16H,2-8,11,14,17-19H2,1H3,(H,21,22)/b10-9-,13-12-,16-15?. The second-order valence-corrected chi connectivity index (χ2v) is 5.73. The molecule has 0 heterocycles. The lowest BCUT2D eigenvalue weighted by molar-refractivity contribution is -0.137. The molecule has 0 aliphatic heterocycles. The van der Waals surface area contributed by atoms with Crippen LogP contribution in [0.4, 0.5) is 0 Å². The summed E-state index contributed by atoms with van der Waals surface area (Å²) in [6.07, 6.45) is 26.3. The summed E-state index contributed by atoms with van der Waals surface area (Å²) in [5.74, 6) is -0.707. The van der Waals surface area contributed by atoms with Gasteiger partial charge in [0.05, 0.1) is 0 Å². The van der Waals surface area contributed by atoms with E-state index in [0.717, 1.165) is 25.7 Å². The monoisotopic (exact) mass is 306 g/mol. The summed E-state index contributed by atoms with van der Waals surface area (Å²) in [6.45, 7) is 2.26. The van der Waals surface area contributed by atoms with Crippen molar-refractivity contribution in [3.8, 4) is 0 Å². The van der Waals surface area contributed by atoms with Gasteiger partial charge in [0.2, 0.25) is 0 Å². The minimum Gasteiger partial charge on any atom is -0.481 e. The van der Waals surface area contributed by atoms with Gasteiger partial charge in [0.15, 0.2) is 0 Å². The molecule has 2 heteroatoms. The van der Waals surface area contributed by atoms with Crippen LogP contribution in [-0.4, -0.2) is 11.1 Å². The van der Waals surface area contributed by atoms with Gasteiger partial charge < -0.3 is 5.11 Å². The summed E-state index contributed by atoms with van der Waals surface area (Å²) in [7, 11) is 0. The number of carboxylic acids is 1. The van der Waals surface area contributed by atoms with E-state index in [4.69, 9.17) is 5.11 Å². The lowest BCUT2D eigenvalue weighted by atomic mass is 10.1. The Kier molecular flexibility index (Phi) is 16.7. The minimum absolute atomic E-state index is 0.267. The van der Waals surface area contributed by atoms with Gasteiger partial charge >= 0.3 is 5.97 Å². The molecule has 0 aliphatic rings. The Bertz CT molecular complexity index is 327. The van der Waals surface area contributed by atoms with E-state index in [1.54, 1.807) is 0 Å². The molecule has 0 saturated carbocycles. The van der Waals surface area contributed by atoms with Crippen LogP contribution >= 0.6 is 0 Å². The predicted octanol–water partition coefficient (Wildman–Crippen LogP) is 6.44. The molecule has 2 nitrogen and oxygen atoms in total. The van der Waals surface area contributed by atoms with Gasteiger partial charge in [-0.2, -0.15) is 0 Å². The minimum atomic E-state index is -0.707. The fraction of sp³-hybridized carbons (Fsp3) is 0.650. The molecule has 0 aromatic heterocycles. The number of hydrogen-bond acceptors (Lipinski definition) is 1. The number of rotatable bonds is 15. The first-order valence-corrected chi connectivity index (χ1v) is 8.94. The molecular formula is C20H34O2. The molecule has 0 radical (unpaired) electrons. The van der Waals surface area contributed by atoms with Crippen molar-refractivity contribution in [3.63, 3.8) is 0 Å². The van der Waals surface area contributed by atoms with E-state index in [0.29, 0.717) is 0 Å². The fourth-order valence-corrected chi connectivity index (χ4v) is 2.19. The van der Waals surface area contributed by atoms with Crippen LogP contribution < -0.4 is 0 Å². The molecule has 0 aromatic carbocycles. The van der Waals surface area contributed by atoms with E-state index in [9.17, 15) is 4.79 Å². The zero-order valence-corrected chi connectivity index (χ0v) is 14.3. The van der Waals surface area contributed by atoms with Crippen LogP contribution in [-0.2, 0) is 4.79 Å². The summed E-state index contributed by atoms with van der Waals surface area (Å²) in [5.41, 5.74) is 0. The SMILES string of the molecule is CCCCCCCC/C=C\C/C=C\CC=CCCCC(=O)O. The average molecular weight is 306 g/mol. The molecule has 0 fully saturated rings. The van der Waals surface area contributed by atoms with E-state index < -0.39 is 5.97 Å². The van der Waals surface area contributed by atoms with Crippen molar-refractivity contribution in [1.82, 2.24) is 0 Å². The van der Waals surface area contributed by atoms with Gasteiger partial charge in [-0.1, -0.05) is 75.5 Å². The molecule has 1 N–H and O–H groups in total. The van der Waals surface area contributed by atoms with Crippen molar-refractivity contribution in [3.05, 3.63) is 36.5 Å². The smallest absolute Gasteiger partial charge is 0.303 e. The molecule has 0 saturated heterocycles. The maximum Gasteiger partial charge on any atom is 0.303 e. The Hall–Kier alpha value is -1.31. The molecule has 0 aromatic rings. The highest BCUT2D eigenvalue weighted by molar-refractivity contribution is 5.66. The van der Waals surface area contributed by atoms with E-state index in [1.807, 2.05) is 0 Å². The van der Waals surface area contributed by atoms with Crippen molar-refractivity contribution in [2.24, 2.45) is 0 Å². The van der Waals surface area contributed by atoms with Crippen LogP contribution in [0.1, 0.15) is 84.0 Å². The third kappa shape index (κ3) is 18.7. The molecule has 0 amide bonds. The summed E-state index contributed by atoms with van der Waals surface area (Å²) in [5, 5.41) is 8.50. The highest BCUT2D eigenvalue weighted by Crippen LogP contribution is 2.07. The first-order valence-electron chi connectivity index (χ1n) is 8.94. The van der Waals surface area contributed by atoms with Crippen molar-refractivity contribution in [2.45, 2.75) is 84.0 Å². The molecule has 0 unspecified atom stereocenters. The van der Waals surface area contributed by atoms with Gasteiger partial charge in [-0.3, -0.25) is 4.79 Å². The normalized spacial score (nSPS) is 12.0. The molecule has 126 valence electrons. The van der Waals surface area contributed by atoms with Crippen LogP contribution in [0.5, 0.6) is 0 Å². The van der Waals surface area contributed by atoms with E-state index in [2.05, 4.69) is 43.4 Å². The van der Waals surface area contributed by atoms with Crippen molar-refractivity contribution < 1.29 is 9.90 Å². The van der Waals surface area contributed by atoms with Gasteiger partial charge in [-0.25, -0.2) is 0 Å². The second-order valence-electron chi connectivity index (χ2n) is 5.73. The number of hydrogen-bond donors (Lipinski definition) is 1. The molecule has 0 rings (SSSR count). The number of carbonyl (C=O) groups is 1. The van der Waals surface area contributed by atoms with Crippen molar-refractivity contribution in [1.29, 1.82) is 0 Å². The number of unbranched alkanes of at least 4 members (excludes halogenated alkanes) is 7. The Morgan fingerprint density at radius 1 is 0.727 bits per heavy atom. The second kappa shape index (κ2) is 17.7. The zero-order valence-electron chi connectivity index (χ0n) is 14.3. The van der Waals surface area contributed by atoms with E-state index in [1.165, 1.54) is 44.9 Å². The maximum absolute atomic E-state index is 10.3. The lowest BCUT2D eigenvalue weighted by Gasteiger charge is -1.97. The molecular weight excluding hydrogens is 272 g/mol. The van der Waals surface area contributed by atoms with Crippen LogP contribution in [0.25, 0.3) is 0 Å². The van der Waals surface area contributed by atoms with E-state index in [-0.39, 0.29) is 6.42 Å². The van der Waals surface area contributed by atoms with Crippen LogP contribution in [0, 0.1) is 0 Å². The zero-order chi connectivity index (χ0) is 16.3. The summed E-state index contributed by atoms with van der Waals surface area (Å²) in [4.78, 5) is 10.3. The van der Waals surface area contributed by atoms with Gasteiger partial charge in [-0.05, 0) is 38.5 Å². The molecule has 22 heavy (non-hydrogen) atoms. The molecule has 0 atom stereocenters. The Morgan fingerprint density at radius 3 is 1.82 bits per heavy atom.